The third-order valence-corrected chi connectivity index (χ3v) is 3.36. The van der Waals surface area contributed by atoms with E-state index in [0.29, 0.717) is 5.56 Å². The number of para-hydroxylation sites is 1. The fourth-order valence-electron chi connectivity index (χ4n) is 2.40. The summed E-state index contributed by atoms with van der Waals surface area (Å²) < 4.78 is 4.75. The van der Waals surface area contributed by atoms with E-state index in [9.17, 15) is 19.7 Å². The summed E-state index contributed by atoms with van der Waals surface area (Å²) in [4.78, 5) is 33.9. The monoisotopic (exact) mass is 275 g/mol. The zero-order valence-electron chi connectivity index (χ0n) is 10.9. The van der Waals surface area contributed by atoms with Gasteiger partial charge >= 0.3 is 5.97 Å². The number of allylic oxidation sites excluding steroid dienone is 1. The molecule has 0 amide bonds. The van der Waals surface area contributed by atoms with E-state index < -0.39 is 16.3 Å². The molecule has 0 aromatic heterocycles. The van der Waals surface area contributed by atoms with E-state index in [-0.39, 0.29) is 24.3 Å². The lowest BCUT2D eigenvalue weighted by Crippen LogP contribution is -2.32. The third kappa shape index (κ3) is 2.45. The van der Waals surface area contributed by atoms with E-state index in [4.69, 9.17) is 4.74 Å². The Morgan fingerprint density at radius 3 is 2.70 bits per heavy atom. The van der Waals surface area contributed by atoms with Gasteiger partial charge in [0.05, 0.1) is 17.4 Å². The van der Waals surface area contributed by atoms with Crippen molar-refractivity contribution in [3.05, 3.63) is 52.1 Å². The molecule has 0 spiro atoms. The van der Waals surface area contributed by atoms with Gasteiger partial charge in [-0.3, -0.25) is 19.7 Å². The van der Waals surface area contributed by atoms with E-state index in [1.165, 1.54) is 25.3 Å². The largest absolute Gasteiger partial charge is 0.468 e. The van der Waals surface area contributed by atoms with E-state index in [1.54, 1.807) is 18.2 Å². The second-order valence-corrected chi connectivity index (χ2v) is 4.69. The molecule has 1 aliphatic carbocycles. The fraction of sp³-hybridized carbons (Fsp3) is 0.286. The Kier molecular flexibility index (Phi) is 3.65. The molecule has 1 atom stereocenters. The molecule has 0 heterocycles. The molecule has 0 saturated carbocycles. The minimum Gasteiger partial charge on any atom is -0.468 e. The van der Waals surface area contributed by atoms with Crippen molar-refractivity contribution < 1.29 is 19.2 Å². The molecule has 0 saturated heterocycles. The highest BCUT2D eigenvalue weighted by Gasteiger charge is 2.43. The first-order valence-electron chi connectivity index (χ1n) is 6.01. The maximum absolute atomic E-state index is 12.0. The lowest BCUT2D eigenvalue weighted by Gasteiger charge is -2.23. The lowest BCUT2D eigenvalue weighted by atomic mass is 9.80. The molecule has 1 aliphatic rings. The van der Waals surface area contributed by atoms with Crippen LogP contribution in [0.1, 0.15) is 12.0 Å². The Labute approximate surface area is 115 Å². The lowest BCUT2D eigenvalue weighted by molar-refractivity contribution is -0.385. The normalized spacial score (nSPS) is 20.9. The summed E-state index contributed by atoms with van der Waals surface area (Å²) in [5, 5.41) is 11.0. The molecule has 104 valence electrons. The molecule has 0 unspecified atom stereocenters. The molecule has 0 radical (unpaired) electrons. The average Bonchev–Trinajstić information content (AvgIpc) is 2.80. The van der Waals surface area contributed by atoms with Crippen LogP contribution in [-0.2, 0) is 20.7 Å². The zero-order chi connectivity index (χ0) is 14.8. The smallest absolute Gasteiger partial charge is 0.316 e. The van der Waals surface area contributed by atoms with Gasteiger partial charge in [-0.2, -0.15) is 0 Å². The minimum absolute atomic E-state index is 0.0221. The van der Waals surface area contributed by atoms with Crippen LogP contribution in [0.25, 0.3) is 0 Å². The molecule has 0 fully saturated rings. The van der Waals surface area contributed by atoms with Crippen LogP contribution >= 0.6 is 0 Å². The van der Waals surface area contributed by atoms with Crippen molar-refractivity contribution in [2.24, 2.45) is 5.41 Å². The van der Waals surface area contributed by atoms with Gasteiger partial charge in [0.1, 0.15) is 0 Å². The van der Waals surface area contributed by atoms with Crippen molar-refractivity contribution in [1.82, 2.24) is 0 Å². The summed E-state index contributed by atoms with van der Waals surface area (Å²) >= 11 is 0. The SMILES string of the molecule is COC(=O)[C@]1(Cc2ccccc2[N+](=O)[O-])C=CC(=O)C1. The number of nitrogens with zero attached hydrogens (tertiary/aromatic N) is 1. The number of methoxy groups -OCH3 is 1. The number of nitro groups is 1. The van der Waals surface area contributed by atoms with Gasteiger partial charge in [-0.1, -0.05) is 24.3 Å². The second kappa shape index (κ2) is 5.24. The number of ketones is 1. The molecule has 1 aromatic carbocycles. The zero-order valence-corrected chi connectivity index (χ0v) is 10.9. The van der Waals surface area contributed by atoms with Crippen LogP contribution in [0.15, 0.2) is 36.4 Å². The average molecular weight is 275 g/mol. The highest BCUT2D eigenvalue weighted by Crippen LogP contribution is 2.37. The van der Waals surface area contributed by atoms with Crippen LogP contribution in [0.4, 0.5) is 5.69 Å². The van der Waals surface area contributed by atoms with Gasteiger partial charge in [-0.25, -0.2) is 0 Å². The van der Waals surface area contributed by atoms with Gasteiger partial charge in [-0.15, -0.1) is 0 Å². The first kappa shape index (κ1) is 13.9. The Morgan fingerprint density at radius 2 is 2.15 bits per heavy atom. The van der Waals surface area contributed by atoms with Gasteiger partial charge in [0.2, 0.25) is 0 Å². The quantitative estimate of drug-likeness (QED) is 0.475. The van der Waals surface area contributed by atoms with Crippen molar-refractivity contribution in [2.75, 3.05) is 7.11 Å². The van der Waals surface area contributed by atoms with Gasteiger partial charge in [0, 0.05) is 18.1 Å². The molecule has 0 bridgehead atoms. The van der Waals surface area contributed by atoms with Crippen LogP contribution in [0.3, 0.4) is 0 Å². The number of carbonyl (C=O) groups excluding carboxylic acids is 2. The number of hydrogen-bond donors (Lipinski definition) is 0. The van der Waals surface area contributed by atoms with E-state index in [1.807, 2.05) is 0 Å². The summed E-state index contributed by atoms with van der Waals surface area (Å²) in [7, 11) is 1.24. The minimum atomic E-state index is -1.14. The molecule has 1 aromatic rings. The van der Waals surface area contributed by atoms with E-state index in [2.05, 4.69) is 0 Å². The van der Waals surface area contributed by atoms with Gasteiger partial charge in [0.25, 0.3) is 5.69 Å². The number of rotatable bonds is 4. The van der Waals surface area contributed by atoms with Crippen molar-refractivity contribution >= 4 is 17.4 Å². The molecular formula is C14H13NO5. The van der Waals surface area contributed by atoms with Crippen LogP contribution in [0.2, 0.25) is 0 Å². The summed E-state index contributed by atoms with van der Waals surface area (Å²) in [5.41, 5.74) is -0.802. The maximum atomic E-state index is 12.0. The Bertz CT molecular complexity index is 607. The Balaban J connectivity index is 2.40. The highest BCUT2D eigenvalue weighted by atomic mass is 16.6. The predicted molar refractivity (Wildman–Crippen MR) is 70.0 cm³/mol. The number of carbonyl (C=O) groups is 2. The first-order chi connectivity index (χ1) is 9.48. The molecule has 6 nitrogen and oxygen atoms in total. The number of nitro benzene ring substituents is 1. The molecule has 0 aliphatic heterocycles. The van der Waals surface area contributed by atoms with E-state index in [0.717, 1.165) is 0 Å². The van der Waals surface area contributed by atoms with E-state index >= 15 is 0 Å². The van der Waals surface area contributed by atoms with Crippen molar-refractivity contribution in [3.63, 3.8) is 0 Å². The van der Waals surface area contributed by atoms with Crippen molar-refractivity contribution in [1.29, 1.82) is 0 Å². The number of benzene rings is 1. The summed E-state index contributed by atoms with van der Waals surface area (Å²) in [6.45, 7) is 0. The van der Waals surface area contributed by atoms with Gasteiger partial charge < -0.3 is 4.74 Å². The molecule has 2 rings (SSSR count). The highest BCUT2D eigenvalue weighted by molar-refractivity contribution is 5.99. The number of ether oxygens (including phenoxy) is 1. The van der Waals surface area contributed by atoms with Crippen molar-refractivity contribution in [3.8, 4) is 0 Å². The number of hydrogen-bond acceptors (Lipinski definition) is 5. The topological polar surface area (TPSA) is 86.5 Å². The first-order valence-corrected chi connectivity index (χ1v) is 6.01. The van der Waals surface area contributed by atoms with Crippen LogP contribution in [0.5, 0.6) is 0 Å². The predicted octanol–water partition coefficient (Wildman–Crippen LogP) is 1.83. The molecule has 20 heavy (non-hydrogen) atoms. The Hall–Kier alpha value is -2.50. The summed E-state index contributed by atoms with van der Waals surface area (Å²) in [6, 6.07) is 6.18. The maximum Gasteiger partial charge on any atom is 0.316 e. The van der Waals surface area contributed by atoms with Gasteiger partial charge in [-0.05, 0) is 12.5 Å². The van der Waals surface area contributed by atoms with Crippen molar-refractivity contribution in [2.45, 2.75) is 12.8 Å². The molecule has 0 N–H and O–H groups in total. The summed E-state index contributed by atoms with van der Waals surface area (Å²) in [6.07, 6.45) is 2.86. The molecule has 6 heteroatoms. The van der Waals surface area contributed by atoms with Crippen LogP contribution in [-0.4, -0.2) is 23.8 Å². The fourth-order valence-corrected chi connectivity index (χ4v) is 2.40. The standard InChI is InChI=1S/C14H13NO5/c1-20-13(17)14(7-6-11(16)9-14)8-10-4-2-3-5-12(10)15(18)19/h2-7H,8-9H2,1H3/t14-/m0/s1. The summed E-state index contributed by atoms with van der Waals surface area (Å²) in [5.74, 6) is -0.744. The third-order valence-electron chi connectivity index (χ3n) is 3.36. The molecular weight excluding hydrogens is 262 g/mol. The van der Waals surface area contributed by atoms with Crippen LogP contribution < -0.4 is 0 Å². The number of esters is 1. The second-order valence-electron chi connectivity index (χ2n) is 4.69. The van der Waals surface area contributed by atoms with Crippen LogP contribution in [0, 0.1) is 15.5 Å². The Morgan fingerprint density at radius 1 is 1.45 bits per heavy atom. The van der Waals surface area contributed by atoms with Gasteiger partial charge in [0.15, 0.2) is 5.78 Å².